The predicted molar refractivity (Wildman–Crippen MR) is 94.2 cm³/mol. The number of aliphatic hydroxyl groups excluding tert-OH is 1. The molecule has 7 nitrogen and oxygen atoms in total. The van der Waals surface area contributed by atoms with Crippen molar-refractivity contribution in [3.63, 3.8) is 0 Å². The first kappa shape index (κ1) is 17.8. The molecule has 2 aromatic rings. The van der Waals surface area contributed by atoms with Crippen LogP contribution in [-0.4, -0.2) is 38.8 Å². The number of hydrogen-bond acceptors (Lipinski definition) is 6. The number of thiazole rings is 1. The zero-order chi connectivity index (χ0) is 18.0. The summed E-state index contributed by atoms with van der Waals surface area (Å²) in [4.78, 5) is 29.2. The van der Waals surface area contributed by atoms with Crippen LogP contribution >= 0.6 is 11.3 Å². The van der Waals surface area contributed by atoms with Crippen LogP contribution in [0.2, 0.25) is 0 Å². The number of pyridine rings is 1. The van der Waals surface area contributed by atoms with Crippen molar-refractivity contribution < 1.29 is 15.0 Å². The van der Waals surface area contributed by atoms with Crippen LogP contribution in [0.1, 0.15) is 44.8 Å². The van der Waals surface area contributed by atoms with Crippen molar-refractivity contribution in [2.24, 2.45) is 5.92 Å². The lowest BCUT2D eigenvalue weighted by Gasteiger charge is -2.31. The van der Waals surface area contributed by atoms with Gasteiger partial charge in [-0.05, 0) is 38.3 Å². The Labute approximate surface area is 149 Å². The molecule has 3 rings (SSSR count). The Hall–Kier alpha value is -2.03. The van der Waals surface area contributed by atoms with Crippen molar-refractivity contribution in [3.05, 3.63) is 49.8 Å². The summed E-state index contributed by atoms with van der Waals surface area (Å²) in [5, 5.41) is 22.8. The second-order valence-electron chi connectivity index (χ2n) is 6.24. The molecule has 3 N–H and O–H groups in total. The van der Waals surface area contributed by atoms with Gasteiger partial charge in [-0.3, -0.25) is 4.79 Å². The number of carbonyl (C=O) groups is 1. The molecular formula is C17H21N3O4S. The first-order chi connectivity index (χ1) is 12.0. The number of carboxylic acids is 1. The number of aromatic nitrogens is 2. The molecule has 2 atom stereocenters. The fourth-order valence-electron chi connectivity index (χ4n) is 3.27. The molecule has 134 valence electrons. The Balaban J connectivity index is 2.12. The lowest BCUT2D eigenvalue weighted by Crippen LogP contribution is -2.38. The number of nitrogens with zero attached hydrogens (tertiary/aromatic N) is 2. The Morgan fingerprint density at radius 2 is 2.32 bits per heavy atom. The normalized spacial score (nSPS) is 18.9. The standard InChI is InChI=1S/C17H21N3O4S/c1-10-13(9-21)25-16(19-10)15(11-3-2-6-18-7-11)20-8-12(17(23)24)4-5-14(20)22/h4-5,8,11,15,18,21H,2-3,6-7,9H2,1H3,(H,23,24)/t11-,15+/m1/s1. The third-order valence-electron chi connectivity index (χ3n) is 4.57. The van der Waals surface area contributed by atoms with Crippen LogP contribution in [-0.2, 0) is 6.61 Å². The summed E-state index contributed by atoms with van der Waals surface area (Å²) < 4.78 is 1.49. The van der Waals surface area contributed by atoms with Gasteiger partial charge < -0.3 is 20.1 Å². The van der Waals surface area contributed by atoms with Crippen LogP contribution in [0, 0.1) is 12.8 Å². The summed E-state index contributed by atoms with van der Waals surface area (Å²) in [5.74, 6) is -0.937. The van der Waals surface area contributed by atoms with Crippen molar-refractivity contribution in [2.45, 2.75) is 32.4 Å². The highest BCUT2D eigenvalue weighted by atomic mass is 32.1. The van der Waals surface area contributed by atoms with Gasteiger partial charge >= 0.3 is 5.97 Å². The Morgan fingerprint density at radius 3 is 2.92 bits per heavy atom. The topological polar surface area (TPSA) is 104 Å². The van der Waals surface area contributed by atoms with Gasteiger partial charge in [-0.15, -0.1) is 11.3 Å². The van der Waals surface area contributed by atoms with Crippen LogP contribution in [0.5, 0.6) is 0 Å². The number of nitrogens with one attached hydrogen (secondary N) is 1. The van der Waals surface area contributed by atoms with Gasteiger partial charge in [0, 0.05) is 18.8 Å². The van der Waals surface area contributed by atoms with Crippen LogP contribution in [0.4, 0.5) is 0 Å². The molecule has 0 aliphatic carbocycles. The molecule has 1 aliphatic heterocycles. The third-order valence-corrected chi connectivity index (χ3v) is 5.78. The van der Waals surface area contributed by atoms with E-state index in [1.165, 1.54) is 34.2 Å². The number of carboxylic acid groups (broad SMARTS) is 1. The van der Waals surface area contributed by atoms with E-state index >= 15 is 0 Å². The maximum atomic E-state index is 12.5. The molecule has 3 heterocycles. The fraction of sp³-hybridized carbons (Fsp3) is 0.471. The zero-order valence-corrected chi connectivity index (χ0v) is 14.8. The SMILES string of the molecule is Cc1nc([C@H]([C@@H]2CCCNC2)n2cc(C(=O)O)ccc2=O)sc1CO. The van der Waals surface area contributed by atoms with Gasteiger partial charge in [0.1, 0.15) is 5.01 Å². The highest BCUT2D eigenvalue weighted by Crippen LogP contribution is 2.34. The Bertz CT molecular complexity index is 824. The number of piperidine rings is 1. The van der Waals surface area contributed by atoms with E-state index in [-0.39, 0.29) is 29.7 Å². The Kier molecular flexibility index (Phi) is 5.31. The van der Waals surface area contributed by atoms with E-state index in [9.17, 15) is 19.8 Å². The first-order valence-electron chi connectivity index (χ1n) is 8.24. The first-order valence-corrected chi connectivity index (χ1v) is 9.06. The predicted octanol–water partition coefficient (Wildman–Crippen LogP) is 1.39. The van der Waals surface area contributed by atoms with Gasteiger partial charge in [0.05, 0.1) is 28.8 Å². The van der Waals surface area contributed by atoms with E-state index in [0.29, 0.717) is 0 Å². The van der Waals surface area contributed by atoms with Crippen molar-refractivity contribution in [1.82, 2.24) is 14.9 Å². The minimum absolute atomic E-state index is 0.0732. The van der Waals surface area contributed by atoms with Crippen LogP contribution in [0.3, 0.4) is 0 Å². The van der Waals surface area contributed by atoms with Crippen LogP contribution < -0.4 is 10.9 Å². The summed E-state index contributed by atoms with van der Waals surface area (Å²) in [7, 11) is 0. The molecule has 0 bridgehead atoms. The Morgan fingerprint density at radius 1 is 1.52 bits per heavy atom. The van der Waals surface area contributed by atoms with Gasteiger partial charge in [-0.25, -0.2) is 9.78 Å². The van der Waals surface area contributed by atoms with E-state index in [0.717, 1.165) is 41.5 Å². The molecule has 0 aromatic carbocycles. The number of aromatic carboxylic acids is 1. The number of rotatable bonds is 5. The quantitative estimate of drug-likeness (QED) is 0.742. The van der Waals surface area contributed by atoms with Gasteiger partial charge in [0.15, 0.2) is 0 Å². The third kappa shape index (κ3) is 3.65. The van der Waals surface area contributed by atoms with Crippen LogP contribution in [0.25, 0.3) is 0 Å². The van der Waals surface area contributed by atoms with E-state index in [2.05, 4.69) is 10.3 Å². The number of hydrogen-bond donors (Lipinski definition) is 3. The number of aliphatic hydroxyl groups is 1. The molecule has 1 fully saturated rings. The zero-order valence-electron chi connectivity index (χ0n) is 13.9. The monoisotopic (exact) mass is 363 g/mol. The maximum absolute atomic E-state index is 12.5. The van der Waals surface area contributed by atoms with Gasteiger partial charge in [0.2, 0.25) is 0 Å². The molecule has 25 heavy (non-hydrogen) atoms. The van der Waals surface area contributed by atoms with Crippen molar-refractivity contribution in [3.8, 4) is 0 Å². The van der Waals surface area contributed by atoms with Crippen molar-refractivity contribution in [1.29, 1.82) is 0 Å². The molecule has 0 spiro atoms. The van der Waals surface area contributed by atoms with Gasteiger partial charge in [-0.2, -0.15) is 0 Å². The molecule has 2 aromatic heterocycles. The summed E-state index contributed by atoms with van der Waals surface area (Å²) in [5.41, 5.74) is 0.571. The summed E-state index contributed by atoms with van der Waals surface area (Å²) in [6.07, 6.45) is 3.32. The van der Waals surface area contributed by atoms with E-state index in [4.69, 9.17) is 0 Å². The second kappa shape index (κ2) is 7.47. The number of aryl methyl sites for hydroxylation is 1. The lowest BCUT2D eigenvalue weighted by molar-refractivity contribution is 0.0695. The maximum Gasteiger partial charge on any atom is 0.337 e. The van der Waals surface area contributed by atoms with Crippen LogP contribution in [0.15, 0.2) is 23.1 Å². The highest BCUT2D eigenvalue weighted by Gasteiger charge is 2.30. The second-order valence-corrected chi connectivity index (χ2v) is 7.35. The minimum atomic E-state index is -1.07. The molecule has 0 amide bonds. The van der Waals surface area contributed by atoms with E-state index in [1.807, 2.05) is 6.92 Å². The molecule has 8 heteroatoms. The molecule has 1 aliphatic rings. The molecule has 0 saturated carbocycles. The largest absolute Gasteiger partial charge is 0.478 e. The summed E-state index contributed by atoms with van der Waals surface area (Å²) in [6.45, 7) is 3.41. The van der Waals surface area contributed by atoms with Gasteiger partial charge in [0.25, 0.3) is 5.56 Å². The molecular weight excluding hydrogens is 342 g/mol. The molecule has 0 radical (unpaired) electrons. The van der Waals surface area contributed by atoms with Crippen molar-refractivity contribution in [2.75, 3.05) is 13.1 Å². The van der Waals surface area contributed by atoms with E-state index in [1.54, 1.807) is 0 Å². The molecule has 0 unspecified atom stereocenters. The summed E-state index contributed by atoms with van der Waals surface area (Å²) in [6, 6.07) is 2.27. The van der Waals surface area contributed by atoms with E-state index < -0.39 is 5.97 Å². The van der Waals surface area contributed by atoms with Crippen molar-refractivity contribution >= 4 is 17.3 Å². The summed E-state index contributed by atoms with van der Waals surface area (Å²) >= 11 is 1.38. The van der Waals surface area contributed by atoms with Gasteiger partial charge in [-0.1, -0.05) is 0 Å². The molecule has 1 saturated heterocycles. The highest BCUT2D eigenvalue weighted by molar-refractivity contribution is 7.11. The lowest BCUT2D eigenvalue weighted by atomic mass is 9.91. The average molecular weight is 363 g/mol. The average Bonchev–Trinajstić information content (AvgIpc) is 2.98. The smallest absolute Gasteiger partial charge is 0.337 e. The fourth-order valence-corrected chi connectivity index (χ4v) is 4.39. The minimum Gasteiger partial charge on any atom is -0.478 e.